The Labute approximate surface area is 154 Å². The molecule has 2 aromatic heterocycles. The number of nitrogens with zero attached hydrogens (tertiary/aromatic N) is 2. The number of imidazole rings is 1. The second-order valence-electron chi connectivity index (χ2n) is 5.85. The summed E-state index contributed by atoms with van der Waals surface area (Å²) in [5, 5.41) is 0. The molecule has 0 N–H and O–H groups in total. The van der Waals surface area contributed by atoms with Crippen LogP contribution in [0.5, 0.6) is 5.75 Å². The monoisotopic (exact) mass is 372 g/mol. The van der Waals surface area contributed by atoms with Crippen LogP contribution in [0.1, 0.15) is 22.5 Å². The number of pyridine rings is 1. The number of hydrogen-bond donors (Lipinski definition) is 0. The Balaban J connectivity index is 1.98. The largest absolute Gasteiger partial charge is 0.466 e. The van der Waals surface area contributed by atoms with Gasteiger partial charge in [-0.15, -0.1) is 0 Å². The minimum Gasteiger partial charge on any atom is -0.466 e. The minimum atomic E-state index is -2.88. The number of benzene rings is 1. The molecule has 0 aliphatic heterocycles. The molecule has 0 unspecified atom stereocenters. The van der Waals surface area contributed by atoms with Gasteiger partial charge >= 0.3 is 12.6 Å². The van der Waals surface area contributed by atoms with Crippen LogP contribution in [0.15, 0.2) is 48.7 Å². The van der Waals surface area contributed by atoms with E-state index < -0.39 is 12.6 Å². The Morgan fingerprint density at radius 2 is 2.04 bits per heavy atom. The van der Waals surface area contributed by atoms with Crippen molar-refractivity contribution in [1.29, 1.82) is 0 Å². The maximum Gasteiger partial charge on any atom is 0.387 e. The Morgan fingerprint density at radius 3 is 2.78 bits per heavy atom. The van der Waals surface area contributed by atoms with Gasteiger partial charge in [0.2, 0.25) is 0 Å². The fourth-order valence-electron chi connectivity index (χ4n) is 2.81. The average molecular weight is 372 g/mol. The fraction of sp³-hybridized carbons (Fsp3) is 0.200. The van der Waals surface area contributed by atoms with E-state index in [1.807, 2.05) is 29.7 Å². The lowest BCUT2D eigenvalue weighted by Gasteiger charge is -2.11. The SMILES string of the molecule is COC(=O)/C=C/c1ccc2nc(C)c(Cc3ccccc3OC(F)F)n2c1. The van der Waals surface area contributed by atoms with Crippen molar-refractivity contribution in [2.24, 2.45) is 0 Å². The number of para-hydroxylation sites is 1. The smallest absolute Gasteiger partial charge is 0.387 e. The van der Waals surface area contributed by atoms with E-state index in [0.717, 1.165) is 22.6 Å². The van der Waals surface area contributed by atoms with Gasteiger partial charge in [-0.2, -0.15) is 8.78 Å². The number of aromatic nitrogens is 2. The van der Waals surface area contributed by atoms with Gasteiger partial charge in [0.1, 0.15) is 11.4 Å². The average Bonchev–Trinajstić information content (AvgIpc) is 2.95. The summed E-state index contributed by atoms with van der Waals surface area (Å²) in [5.41, 5.74) is 3.78. The van der Waals surface area contributed by atoms with Gasteiger partial charge in [0.15, 0.2) is 0 Å². The molecule has 0 amide bonds. The maximum atomic E-state index is 12.7. The molecule has 0 radical (unpaired) electrons. The fourth-order valence-corrected chi connectivity index (χ4v) is 2.81. The summed E-state index contributed by atoms with van der Waals surface area (Å²) in [5.74, 6) is -0.307. The van der Waals surface area contributed by atoms with Crippen LogP contribution in [0, 0.1) is 6.92 Å². The van der Waals surface area contributed by atoms with Crippen molar-refractivity contribution in [3.63, 3.8) is 0 Å². The topological polar surface area (TPSA) is 52.8 Å². The Hall–Kier alpha value is -3.22. The number of fused-ring (bicyclic) bond motifs is 1. The standard InChI is InChI=1S/C20H18F2N2O3/c1-13-16(11-15-5-3-4-6-17(15)27-20(21)22)24-12-14(7-9-18(24)23-13)8-10-19(25)26-2/h3-10,12,20H,11H2,1-2H3/b10-8+. The summed E-state index contributed by atoms with van der Waals surface area (Å²) < 4.78 is 36.4. The van der Waals surface area contributed by atoms with E-state index in [-0.39, 0.29) is 5.75 Å². The van der Waals surface area contributed by atoms with Crippen LogP contribution in [0.25, 0.3) is 11.7 Å². The van der Waals surface area contributed by atoms with Crippen molar-refractivity contribution in [3.8, 4) is 5.75 Å². The molecule has 0 saturated heterocycles. The number of alkyl halides is 2. The third kappa shape index (κ3) is 4.31. The molecule has 0 bridgehead atoms. The van der Waals surface area contributed by atoms with Gasteiger partial charge in [0.25, 0.3) is 0 Å². The van der Waals surface area contributed by atoms with Gasteiger partial charge in [-0.3, -0.25) is 0 Å². The normalized spacial score (nSPS) is 11.4. The number of aryl methyl sites for hydroxylation is 1. The van der Waals surface area contributed by atoms with E-state index in [9.17, 15) is 13.6 Å². The predicted octanol–water partition coefficient (Wildman–Crippen LogP) is 4.02. The van der Waals surface area contributed by atoms with Crippen molar-refractivity contribution in [2.45, 2.75) is 20.0 Å². The molecule has 5 nitrogen and oxygen atoms in total. The Morgan fingerprint density at radius 1 is 1.26 bits per heavy atom. The van der Waals surface area contributed by atoms with Crippen LogP contribution in [0.3, 0.4) is 0 Å². The molecule has 0 aliphatic carbocycles. The first kappa shape index (κ1) is 18.6. The molecule has 27 heavy (non-hydrogen) atoms. The van der Waals surface area contributed by atoms with E-state index in [4.69, 9.17) is 0 Å². The number of hydrogen-bond acceptors (Lipinski definition) is 4. The summed E-state index contributed by atoms with van der Waals surface area (Å²) in [6.07, 6.45) is 5.18. The zero-order valence-corrected chi connectivity index (χ0v) is 14.9. The summed E-state index contributed by atoms with van der Waals surface area (Å²) in [4.78, 5) is 15.8. The second-order valence-corrected chi connectivity index (χ2v) is 5.85. The van der Waals surface area contributed by atoms with E-state index in [2.05, 4.69) is 14.5 Å². The van der Waals surface area contributed by atoms with Gasteiger partial charge < -0.3 is 13.9 Å². The number of halogens is 2. The Bertz CT molecular complexity index is 996. The van der Waals surface area contributed by atoms with E-state index >= 15 is 0 Å². The lowest BCUT2D eigenvalue weighted by atomic mass is 10.1. The highest BCUT2D eigenvalue weighted by Gasteiger charge is 2.14. The highest BCUT2D eigenvalue weighted by molar-refractivity contribution is 5.86. The first-order valence-electron chi connectivity index (χ1n) is 8.24. The first-order chi connectivity index (χ1) is 13.0. The molecule has 140 valence electrons. The third-order valence-corrected chi connectivity index (χ3v) is 4.10. The van der Waals surface area contributed by atoms with Crippen molar-refractivity contribution in [1.82, 2.24) is 9.38 Å². The summed E-state index contributed by atoms with van der Waals surface area (Å²) in [6.45, 7) is -1.02. The van der Waals surface area contributed by atoms with Gasteiger partial charge in [0.05, 0.1) is 12.8 Å². The van der Waals surface area contributed by atoms with E-state index in [1.54, 1.807) is 24.3 Å². The molecule has 3 aromatic rings. The van der Waals surface area contributed by atoms with Crippen LogP contribution in [0.2, 0.25) is 0 Å². The van der Waals surface area contributed by atoms with Crippen LogP contribution in [-0.4, -0.2) is 29.1 Å². The summed E-state index contributed by atoms with van der Waals surface area (Å²) in [6, 6.07) is 10.4. The zero-order valence-electron chi connectivity index (χ0n) is 14.9. The van der Waals surface area contributed by atoms with Crippen molar-refractivity contribution in [3.05, 3.63) is 71.2 Å². The van der Waals surface area contributed by atoms with Gasteiger partial charge in [0, 0.05) is 30.0 Å². The maximum absolute atomic E-state index is 12.7. The van der Waals surface area contributed by atoms with E-state index in [1.165, 1.54) is 19.3 Å². The molecular formula is C20H18F2N2O3. The zero-order chi connectivity index (χ0) is 19.4. The molecule has 0 spiro atoms. The van der Waals surface area contributed by atoms with Crippen LogP contribution in [0.4, 0.5) is 8.78 Å². The number of carbonyl (C=O) groups is 1. The number of methoxy groups -OCH3 is 1. The number of ether oxygens (including phenoxy) is 2. The molecule has 0 saturated carbocycles. The molecule has 0 atom stereocenters. The van der Waals surface area contributed by atoms with Gasteiger partial charge in [-0.1, -0.05) is 18.2 Å². The van der Waals surface area contributed by atoms with Crippen molar-refractivity contribution in [2.75, 3.05) is 7.11 Å². The van der Waals surface area contributed by atoms with Crippen molar-refractivity contribution < 1.29 is 23.0 Å². The summed E-state index contributed by atoms with van der Waals surface area (Å²) >= 11 is 0. The van der Waals surface area contributed by atoms with Gasteiger partial charge in [-0.25, -0.2) is 9.78 Å². The van der Waals surface area contributed by atoms with Gasteiger partial charge in [-0.05, 0) is 36.8 Å². The first-order valence-corrected chi connectivity index (χ1v) is 8.24. The predicted molar refractivity (Wildman–Crippen MR) is 96.9 cm³/mol. The number of rotatable bonds is 6. The van der Waals surface area contributed by atoms with E-state index in [0.29, 0.717) is 12.0 Å². The number of carbonyl (C=O) groups excluding carboxylic acids is 1. The second kappa shape index (κ2) is 7.99. The molecule has 3 rings (SSSR count). The summed E-state index contributed by atoms with van der Waals surface area (Å²) in [7, 11) is 1.31. The van der Waals surface area contributed by atoms with Crippen LogP contribution >= 0.6 is 0 Å². The van der Waals surface area contributed by atoms with Crippen molar-refractivity contribution >= 4 is 17.7 Å². The highest BCUT2D eigenvalue weighted by atomic mass is 19.3. The third-order valence-electron chi connectivity index (χ3n) is 4.10. The molecule has 0 fully saturated rings. The Kier molecular flexibility index (Phi) is 5.49. The number of esters is 1. The lowest BCUT2D eigenvalue weighted by Crippen LogP contribution is -2.05. The highest BCUT2D eigenvalue weighted by Crippen LogP contribution is 2.25. The van der Waals surface area contributed by atoms with Crippen LogP contribution in [-0.2, 0) is 16.0 Å². The lowest BCUT2D eigenvalue weighted by molar-refractivity contribution is -0.134. The molecule has 7 heteroatoms. The molecular weight excluding hydrogens is 354 g/mol. The van der Waals surface area contributed by atoms with Crippen LogP contribution < -0.4 is 4.74 Å². The molecule has 1 aromatic carbocycles. The quantitative estimate of drug-likeness (QED) is 0.484. The molecule has 2 heterocycles. The minimum absolute atomic E-state index is 0.142. The molecule has 0 aliphatic rings.